The van der Waals surface area contributed by atoms with Crippen molar-refractivity contribution in [2.75, 3.05) is 31.5 Å². The molecule has 0 aromatic heterocycles. The van der Waals surface area contributed by atoms with Gasteiger partial charge in [-0.2, -0.15) is 0 Å². The number of methoxy groups -OCH3 is 3. The molecule has 1 aliphatic heterocycles. The highest BCUT2D eigenvalue weighted by Gasteiger charge is 2.40. The lowest BCUT2D eigenvalue weighted by molar-refractivity contribution is -0.120. The molecule has 1 N–H and O–H groups in total. The number of nitrogens with zero attached hydrogens (tertiary/aromatic N) is 1. The first-order valence-electron chi connectivity index (χ1n) is 9.99. The van der Waals surface area contributed by atoms with Crippen LogP contribution in [-0.4, -0.2) is 33.1 Å². The first kappa shape index (κ1) is 22.2. The van der Waals surface area contributed by atoms with Crippen LogP contribution in [0.5, 0.6) is 17.2 Å². The zero-order chi connectivity index (χ0) is 23.5. The summed E-state index contributed by atoms with van der Waals surface area (Å²) in [5.41, 5.74) is 1.89. The maximum Gasteiger partial charge on any atom is 0.282 e. The van der Waals surface area contributed by atoms with Gasteiger partial charge in [-0.25, -0.2) is 4.90 Å². The van der Waals surface area contributed by atoms with Gasteiger partial charge in [0.05, 0.1) is 32.6 Å². The minimum Gasteiger partial charge on any atom is -0.497 e. The zero-order valence-corrected chi connectivity index (χ0v) is 19.0. The number of amides is 2. The highest BCUT2D eigenvalue weighted by Crippen LogP contribution is 2.36. The predicted octanol–water partition coefficient (Wildman–Crippen LogP) is 4.76. The van der Waals surface area contributed by atoms with Crippen LogP contribution in [0.1, 0.15) is 5.56 Å². The molecule has 168 valence electrons. The van der Waals surface area contributed by atoms with E-state index in [2.05, 4.69) is 5.32 Å². The van der Waals surface area contributed by atoms with Crippen LogP contribution in [0.3, 0.4) is 0 Å². The summed E-state index contributed by atoms with van der Waals surface area (Å²) in [7, 11) is 4.58. The van der Waals surface area contributed by atoms with E-state index in [1.807, 2.05) is 0 Å². The Bertz CT molecular complexity index is 1250. The number of hydrogen-bond donors (Lipinski definition) is 1. The summed E-state index contributed by atoms with van der Waals surface area (Å²) >= 11 is 6.04. The lowest BCUT2D eigenvalue weighted by Crippen LogP contribution is -2.32. The van der Waals surface area contributed by atoms with Gasteiger partial charge in [0, 0.05) is 22.8 Å². The molecule has 3 aromatic carbocycles. The van der Waals surface area contributed by atoms with E-state index in [-0.39, 0.29) is 11.3 Å². The number of nitrogens with one attached hydrogen (secondary N) is 1. The van der Waals surface area contributed by atoms with Crippen molar-refractivity contribution in [3.8, 4) is 17.2 Å². The third-order valence-electron chi connectivity index (χ3n) is 5.18. The molecule has 0 unspecified atom stereocenters. The number of hydrogen-bond acceptors (Lipinski definition) is 6. The summed E-state index contributed by atoms with van der Waals surface area (Å²) in [4.78, 5) is 28.1. The van der Waals surface area contributed by atoms with E-state index in [1.54, 1.807) is 66.7 Å². The molecule has 4 rings (SSSR count). The molecular weight excluding hydrogens is 444 g/mol. The van der Waals surface area contributed by atoms with Gasteiger partial charge in [0.2, 0.25) is 0 Å². The Kier molecular flexibility index (Phi) is 6.24. The fraction of sp³-hybridized carbons (Fsp3) is 0.120. The normalized spacial score (nSPS) is 13.4. The van der Waals surface area contributed by atoms with Gasteiger partial charge in [-0.05, 0) is 42.0 Å². The van der Waals surface area contributed by atoms with Gasteiger partial charge in [0.25, 0.3) is 11.8 Å². The lowest BCUT2D eigenvalue weighted by atomic mass is 10.0. The Labute approximate surface area is 196 Å². The third-order valence-corrected chi connectivity index (χ3v) is 5.43. The van der Waals surface area contributed by atoms with Crippen molar-refractivity contribution < 1.29 is 23.8 Å². The van der Waals surface area contributed by atoms with Crippen molar-refractivity contribution in [3.05, 3.63) is 83.0 Å². The molecule has 0 saturated heterocycles. The predicted molar refractivity (Wildman–Crippen MR) is 127 cm³/mol. The van der Waals surface area contributed by atoms with Crippen molar-refractivity contribution >= 4 is 40.4 Å². The molecule has 2 amide bonds. The fourth-order valence-corrected chi connectivity index (χ4v) is 3.70. The molecule has 0 fully saturated rings. The number of imide groups is 1. The van der Waals surface area contributed by atoms with Crippen molar-refractivity contribution in [2.24, 2.45) is 0 Å². The number of ether oxygens (including phenoxy) is 3. The van der Waals surface area contributed by atoms with E-state index in [0.717, 1.165) is 4.90 Å². The van der Waals surface area contributed by atoms with Crippen LogP contribution >= 0.6 is 11.6 Å². The maximum absolute atomic E-state index is 13.5. The third kappa shape index (κ3) is 4.23. The topological polar surface area (TPSA) is 77.1 Å². The first-order valence-corrected chi connectivity index (χ1v) is 10.4. The second-order valence-electron chi connectivity index (χ2n) is 7.10. The molecule has 0 aliphatic carbocycles. The second-order valence-corrected chi connectivity index (χ2v) is 7.54. The zero-order valence-electron chi connectivity index (χ0n) is 18.2. The molecule has 1 heterocycles. The lowest BCUT2D eigenvalue weighted by Gasteiger charge is -2.16. The summed E-state index contributed by atoms with van der Waals surface area (Å²) < 4.78 is 15.9. The molecule has 0 bridgehead atoms. The molecule has 0 spiro atoms. The van der Waals surface area contributed by atoms with Gasteiger partial charge < -0.3 is 19.5 Å². The molecule has 7 nitrogen and oxygen atoms in total. The van der Waals surface area contributed by atoms with Gasteiger partial charge in [-0.3, -0.25) is 9.59 Å². The summed E-state index contributed by atoms with van der Waals surface area (Å²) in [6.07, 6.45) is 0. The Morgan fingerprint density at radius 1 is 0.788 bits per heavy atom. The molecular formula is C25H21ClN2O5. The van der Waals surface area contributed by atoms with Crippen molar-refractivity contribution in [1.29, 1.82) is 0 Å². The monoisotopic (exact) mass is 464 g/mol. The summed E-state index contributed by atoms with van der Waals surface area (Å²) in [5.74, 6) is 0.605. The SMILES string of the molecule is COc1cccc(N2C(=O)C(Nc3ccc(OC)c(OC)c3)=C(c3ccc(Cl)cc3)C2=O)c1. The van der Waals surface area contributed by atoms with Crippen LogP contribution in [0.4, 0.5) is 11.4 Å². The number of carbonyl (C=O) groups excluding carboxylic acids is 2. The van der Waals surface area contributed by atoms with E-state index >= 15 is 0 Å². The van der Waals surface area contributed by atoms with Gasteiger partial charge in [-0.15, -0.1) is 0 Å². The standard InChI is InChI=1S/C25H21ClN2O5/c1-31-19-6-4-5-18(14-19)28-24(29)22(15-7-9-16(26)10-8-15)23(25(28)30)27-17-11-12-20(32-2)21(13-17)33-3/h4-14,27H,1-3H3. The summed E-state index contributed by atoms with van der Waals surface area (Å²) in [6, 6.07) is 18.7. The highest BCUT2D eigenvalue weighted by molar-refractivity contribution is 6.46. The Morgan fingerprint density at radius 3 is 2.18 bits per heavy atom. The van der Waals surface area contributed by atoms with Crippen molar-refractivity contribution in [2.45, 2.75) is 0 Å². The Morgan fingerprint density at radius 2 is 1.52 bits per heavy atom. The maximum atomic E-state index is 13.5. The smallest absolute Gasteiger partial charge is 0.282 e. The summed E-state index contributed by atoms with van der Waals surface area (Å²) in [6.45, 7) is 0. The van der Waals surface area contributed by atoms with Gasteiger partial charge in [-0.1, -0.05) is 29.8 Å². The first-order chi connectivity index (χ1) is 16.0. The molecule has 33 heavy (non-hydrogen) atoms. The molecule has 3 aromatic rings. The van der Waals surface area contributed by atoms with E-state index in [0.29, 0.717) is 39.2 Å². The Hall–Kier alpha value is -3.97. The minimum atomic E-state index is -0.493. The fourth-order valence-electron chi connectivity index (χ4n) is 3.57. The van der Waals surface area contributed by atoms with Crippen LogP contribution in [0.2, 0.25) is 5.02 Å². The van der Waals surface area contributed by atoms with Gasteiger partial charge in [0.1, 0.15) is 11.4 Å². The number of anilines is 2. The van der Waals surface area contributed by atoms with E-state index < -0.39 is 11.8 Å². The number of carbonyl (C=O) groups is 2. The van der Waals surface area contributed by atoms with Crippen molar-refractivity contribution in [3.63, 3.8) is 0 Å². The molecule has 0 saturated carbocycles. The summed E-state index contributed by atoms with van der Waals surface area (Å²) in [5, 5.41) is 3.63. The highest BCUT2D eigenvalue weighted by atomic mass is 35.5. The second kappa shape index (κ2) is 9.26. The molecule has 0 atom stereocenters. The quantitative estimate of drug-likeness (QED) is 0.508. The Balaban J connectivity index is 1.81. The van der Waals surface area contributed by atoms with Crippen LogP contribution in [0, 0.1) is 0 Å². The van der Waals surface area contributed by atoms with Crippen LogP contribution in [0.15, 0.2) is 72.4 Å². The van der Waals surface area contributed by atoms with Gasteiger partial charge in [0.15, 0.2) is 11.5 Å². The van der Waals surface area contributed by atoms with Crippen LogP contribution < -0.4 is 24.4 Å². The van der Waals surface area contributed by atoms with E-state index in [4.69, 9.17) is 25.8 Å². The number of rotatable bonds is 7. The van der Waals surface area contributed by atoms with Gasteiger partial charge >= 0.3 is 0 Å². The average Bonchev–Trinajstić information content (AvgIpc) is 3.08. The molecule has 8 heteroatoms. The number of halogens is 1. The largest absolute Gasteiger partial charge is 0.497 e. The molecule has 1 aliphatic rings. The van der Waals surface area contributed by atoms with Crippen LogP contribution in [-0.2, 0) is 9.59 Å². The van der Waals surface area contributed by atoms with E-state index in [1.165, 1.54) is 21.3 Å². The molecule has 0 radical (unpaired) electrons. The van der Waals surface area contributed by atoms with Crippen molar-refractivity contribution in [1.82, 2.24) is 0 Å². The minimum absolute atomic E-state index is 0.136. The number of benzene rings is 3. The van der Waals surface area contributed by atoms with Crippen LogP contribution in [0.25, 0.3) is 5.57 Å². The average molecular weight is 465 g/mol. The van der Waals surface area contributed by atoms with E-state index in [9.17, 15) is 9.59 Å².